The van der Waals surface area contributed by atoms with Crippen molar-refractivity contribution in [3.05, 3.63) is 21.9 Å². The second-order valence-corrected chi connectivity index (χ2v) is 5.87. The Morgan fingerprint density at radius 1 is 1.61 bits per heavy atom. The number of halogens is 1. The molecule has 1 aromatic heterocycles. The summed E-state index contributed by atoms with van der Waals surface area (Å²) >= 11 is 7.52. The highest BCUT2D eigenvalue weighted by Gasteiger charge is 2.24. The van der Waals surface area contributed by atoms with E-state index in [-0.39, 0.29) is 17.4 Å². The van der Waals surface area contributed by atoms with Gasteiger partial charge in [0.05, 0.1) is 25.7 Å². The van der Waals surface area contributed by atoms with Crippen LogP contribution in [0.1, 0.15) is 21.0 Å². The van der Waals surface area contributed by atoms with Crippen LogP contribution in [0.4, 0.5) is 0 Å². The molecule has 1 fully saturated rings. The average molecular weight is 290 g/mol. The zero-order valence-corrected chi connectivity index (χ0v) is 11.7. The Hall–Kier alpha value is -0.620. The number of nitrogens with one attached hydrogen (secondary N) is 1. The van der Waals surface area contributed by atoms with E-state index in [0.717, 1.165) is 17.8 Å². The van der Waals surface area contributed by atoms with Gasteiger partial charge in [-0.05, 0) is 25.1 Å². The standard InChI is InChI=1S/C12H16ClNO3S/c1-16-12(15)11-3-2-8(18-11)6-17-7-10-9(13)4-5-14-10/h2-3,9-10,14H,4-7H2,1H3/t9-,10+/m1/s1. The molecule has 2 rings (SSSR count). The fourth-order valence-electron chi connectivity index (χ4n) is 1.85. The second-order valence-electron chi connectivity index (χ2n) is 4.14. The number of methoxy groups -OCH3 is 1. The number of hydrogen-bond donors (Lipinski definition) is 1. The first-order chi connectivity index (χ1) is 8.70. The van der Waals surface area contributed by atoms with Gasteiger partial charge in [0.15, 0.2) is 0 Å². The molecule has 0 aromatic carbocycles. The Balaban J connectivity index is 1.76. The highest BCUT2D eigenvalue weighted by Crippen LogP contribution is 2.19. The predicted octanol–water partition coefficient (Wildman–Crippen LogP) is 2.02. The molecule has 4 nitrogen and oxygen atoms in total. The molecular formula is C12H16ClNO3S. The van der Waals surface area contributed by atoms with Gasteiger partial charge >= 0.3 is 5.97 Å². The Kier molecular flexibility index (Phi) is 5.00. The lowest BCUT2D eigenvalue weighted by Crippen LogP contribution is -2.32. The van der Waals surface area contributed by atoms with Crippen LogP contribution in [-0.2, 0) is 16.1 Å². The van der Waals surface area contributed by atoms with E-state index in [0.29, 0.717) is 18.1 Å². The molecule has 0 saturated carbocycles. The topological polar surface area (TPSA) is 47.6 Å². The number of ether oxygens (including phenoxy) is 2. The number of esters is 1. The van der Waals surface area contributed by atoms with Gasteiger partial charge in [-0.3, -0.25) is 0 Å². The first-order valence-corrected chi connectivity index (χ1v) is 7.08. The number of hydrogen-bond acceptors (Lipinski definition) is 5. The summed E-state index contributed by atoms with van der Waals surface area (Å²) in [5, 5.41) is 3.45. The van der Waals surface area contributed by atoms with Gasteiger partial charge in [0, 0.05) is 10.9 Å². The first kappa shape index (κ1) is 13.8. The maximum absolute atomic E-state index is 11.3. The maximum atomic E-state index is 11.3. The highest BCUT2D eigenvalue weighted by atomic mass is 35.5. The number of rotatable bonds is 5. The van der Waals surface area contributed by atoms with Gasteiger partial charge in [0.2, 0.25) is 0 Å². The minimum atomic E-state index is -0.301. The second kappa shape index (κ2) is 6.52. The number of carbonyl (C=O) groups is 1. The van der Waals surface area contributed by atoms with Crippen molar-refractivity contribution in [2.45, 2.75) is 24.4 Å². The van der Waals surface area contributed by atoms with Crippen molar-refractivity contribution in [1.29, 1.82) is 0 Å². The zero-order chi connectivity index (χ0) is 13.0. The molecule has 6 heteroatoms. The van der Waals surface area contributed by atoms with Crippen LogP contribution in [-0.4, -0.2) is 37.6 Å². The SMILES string of the molecule is COC(=O)c1ccc(COC[C@@H]2NCC[C@H]2Cl)s1. The van der Waals surface area contributed by atoms with Crippen molar-refractivity contribution in [3.8, 4) is 0 Å². The van der Waals surface area contributed by atoms with E-state index < -0.39 is 0 Å². The Bertz CT molecular complexity index is 410. The van der Waals surface area contributed by atoms with Gasteiger partial charge in [-0.2, -0.15) is 0 Å². The van der Waals surface area contributed by atoms with Gasteiger partial charge in [0.1, 0.15) is 4.88 Å². The molecule has 1 N–H and O–H groups in total. The van der Waals surface area contributed by atoms with Crippen LogP contribution in [0.25, 0.3) is 0 Å². The molecule has 0 radical (unpaired) electrons. The van der Waals surface area contributed by atoms with Crippen molar-refractivity contribution in [1.82, 2.24) is 5.32 Å². The van der Waals surface area contributed by atoms with E-state index in [9.17, 15) is 4.79 Å². The molecule has 0 spiro atoms. The fraction of sp³-hybridized carbons (Fsp3) is 0.583. The average Bonchev–Trinajstić information content (AvgIpc) is 2.99. The van der Waals surface area contributed by atoms with Gasteiger partial charge in [-0.15, -0.1) is 22.9 Å². The summed E-state index contributed by atoms with van der Waals surface area (Å²) in [4.78, 5) is 12.9. The van der Waals surface area contributed by atoms with Crippen LogP contribution in [0, 0.1) is 0 Å². The number of thiophene rings is 1. The smallest absolute Gasteiger partial charge is 0.348 e. The van der Waals surface area contributed by atoms with E-state index in [1.54, 1.807) is 6.07 Å². The summed E-state index contributed by atoms with van der Waals surface area (Å²) in [5.41, 5.74) is 0. The third-order valence-corrected chi connectivity index (χ3v) is 4.41. The molecule has 1 saturated heterocycles. The summed E-state index contributed by atoms with van der Waals surface area (Å²) in [6.45, 7) is 2.05. The van der Waals surface area contributed by atoms with Gasteiger partial charge in [-0.25, -0.2) is 4.79 Å². The molecule has 1 aliphatic rings. The summed E-state index contributed by atoms with van der Waals surface area (Å²) in [5.74, 6) is -0.301. The molecule has 2 heterocycles. The quantitative estimate of drug-likeness (QED) is 0.665. The Morgan fingerprint density at radius 2 is 2.44 bits per heavy atom. The molecule has 2 atom stereocenters. The summed E-state index contributed by atoms with van der Waals surface area (Å²) in [6, 6.07) is 3.87. The molecule has 1 aromatic rings. The minimum Gasteiger partial charge on any atom is -0.465 e. The first-order valence-electron chi connectivity index (χ1n) is 5.83. The third-order valence-electron chi connectivity index (χ3n) is 2.85. The summed E-state index contributed by atoms with van der Waals surface area (Å²) in [6.07, 6.45) is 0.987. The van der Waals surface area contributed by atoms with Crippen molar-refractivity contribution >= 4 is 28.9 Å². The molecule has 0 aliphatic carbocycles. The number of carbonyl (C=O) groups excluding carboxylic acids is 1. The van der Waals surface area contributed by atoms with E-state index in [1.807, 2.05) is 6.07 Å². The van der Waals surface area contributed by atoms with Crippen molar-refractivity contribution in [2.75, 3.05) is 20.3 Å². The maximum Gasteiger partial charge on any atom is 0.348 e. The van der Waals surface area contributed by atoms with Crippen molar-refractivity contribution < 1.29 is 14.3 Å². The Labute approximate surface area is 115 Å². The molecule has 0 amide bonds. The lowest BCUT2D eigenvalue weighted by molar-refractivity contribution is 0.0606. The van der Waals surface area contributed by atoms with E-state index in [2.05, 4.69) is 10.1 Å². The molecule has 0 bridgehead atoms. The largest absolute Gasteiger partial charge is 0.465 e. The lowest BCUT2D eigenvalue weighted by Gasteiger charge is -2.13. The van der Waals surface area contributed by atoms with Crippen LogP contribution >= 0.6 is 22.9 Å². The van der Waals surface area contributed by atoms with Crippen LogP contribution < -0.4 is 5.32 Å². The highest BCUT2D eigenvalue weighted by molar-refractivity contribution is 7.13. The zero-order valence-electron chi connectivity index (χ0n) is 10.1. The predicted molar refractivity (Wildman–Crippen MR) is 71.4 cm³/mol. The minimum absolute atomic E-state index is 0.152. The van der Waals surface area contributed by atoms with Crippen molar-refractivity contribution in [2.24, 2.45) is 0 Å². The van der Waals surface area contributed by atoms with Gasteiger partial charge < -0.3 is 14.8 Å². The Morgan fingerprint density at radius 3 is 3.11 bits per heavy atom. The van der Waals surface area contributed by atoms with Crippen LogP contribution in [0.15, 0.2) is 12.1 Å². The van der Waals surface area contributed by atoms with Crippen LogP contribution in [0.2, 0.25) is 0 Å². The third kappa shape index (κ3) is 3.45. The normalized spacial score (nSPS) is 23.2. The van der Waals surface area contributed by atoms with E-state index in [1.165, 1.54) is 18.4 Å². The van der Waals surface area contributed by atoms with Gasteiger partial charge in [-0.1, -0.05) is 0 Å². The van der Waals surface area contributed by atoms with E-state index in [4.69, 9.17) is 16.3 Å². The monoisotopic (exact) mass is 289 g/mol. The summed E-state index contributed by atoms with van der Waals surface area (Å²) < 4.78 is 10.3. The molecule has 18 heavy (non-hydrogen) atoms. The molecule has 1 aliphatic heterocycles. The fourth-order valence-corrected chi connectivity index (χ4v) is 2.99. The number of alkyl halides is 1. The van der Waals surface area contributed by atoms with Gasteiger partial charge in [0.25, 0.3) is 0 Å². The van der Waals surface area contributed by atoms with Crippen LogP contribution in [0.5, 0.6) is 0 Å². The molecule has 100 valence electrons. The van der Waals surface area contributed by atoms with Crippen molar-refractivity contribution in [3.63, 3.8) is 0 Å². The van der Waals surface area contributed by atoms with E-state index >= 15 is 0 Å². The molecule has 0 unspecified atom stereocenters. The lowest BCUT2D eigenvalue weighted by atomic mass is 10.2. The molecular weight excluding hydrogens is 274 g/mol. The van der Waals surface area contributed by atoms with Crippen LogP contribution in [0.3, 0.4) is 0 Å². The summed E-state index contributed by atoms with van der Waals surface area (Å²) in [7, 11) is 1.38.